The molecule has 0 fully saturated rings. The fourth-order valence-corrected chi connectivity index (χ4v) is 2.19. The lowest BCUT2D eigenvalue weighted by Gasteiger charge is -2.16. The number of hydrogen-bond acceptors (Lipinski definition) is 3. The smallest absolute Gasteiger partial charge is 0.225 e. The topological polar surface area (TPSA) is 64.4 Å². The second kappa shape index (κ2) is 5.80. The molecule has 0 radical (unpaired) electrons. The molecule has 5 heteroatoms. The van der Waals surface area contributed by atoms with Crippen LogP contribution in [0.4, 0.5) is 5.69 Å². The van der Waals surface area contributed by atoms with Gasteiger partial charge >= 0.3 is 0 Å². The van der Waals surface area contributed by atoms with Crippen LogP contribution in [0.3, 0.4) is 0 Å². The van der Waals surface area contributed by atoms with E-state index in [0.717, 1.165) is 23.4 Å². The van der Waals surface area contributed by atoms with Crippen molar-refractivity contribution < 1.29 is 9.53 Å². The minimum absolute atomic E-state index is 0. The lowest BCUT2D eigenvalue weighted by atomic mass is 10.0. The van der Waals surface area contributed by atoms with E-state index in [-0.39, 0.29) is 30.0 Å². The number of amides is 1. The number of carbonyl (C=O) groups excluding carboxylic acids is 1. The molecule has 0 aromatic heterocycles. The molecular formula is C14H21ClN2O2. The first kappa shape index (κ1) is 15.8. The van der Waals surface area contributed by atoms with Crippen LogP contribution in [-0.2, 0) is 11.2 Å². The molecule has 0 saturated heterocycles. The molecule has 3 N–H and O–H groups in total. The normalized spacial score (nSPS) is 16.8. The van der Waals surface area contributed by atoms with Gasteiger partial charge in [0.1, 0.15) is 11.4 Å². The molecule has 19 heavy (non-hydrogen) atoms. The minimum Gasteiger partial charge on any atom is -0.487 e. The quantitative estimate of drug-likeness (QED) is 0.896. The first-order valence-corrected chi connectivity index (χ1v) is 6.23. The number of rotatable bonds is 3. The van der Waals surface area contributed by atoms with E-state index in [0.29, 0.717) is 6.42 Å². The van der Waals surface area contributed by atoms with Crippen molar-refractivity contribution in [2.24, 2.45) is 5.73 Å². The third-order valence-corrected chi connectivity index (χ3v) is 2.85. The lowest BCUT2D eigenvalue weighted by Crippen LogP contribution is -2.24. The number of hydrogen-bond donors (Lipinski definition) is 2. The zero-order valence-electron chi connectivity index (χ0n) is 11.5. The number of nitrogens with two attached hydrogens (primary N) is 1. The van der Waals surface area contributed by atoms with Gasteiger partial charge in [0.2, 0.25) is 5.91 Å². The van der Waals surface area contributed by atoms with Crippen molar-refractivity contribution in [2.45, 2.75) is 45.3 Å². The predicted octanol–water partition coefficient (Wildman–Crippen LogP) is 2.50. The third kappa shape index (κ3) is 4.11. The van der Waals surface area contributed by atoms with Crippen molar-refractivity contribution in [3.05, 3.63) is 23.8 Å². The highest BCUT2D eigenvalue weighted by molar-refractivity contribution is 5.91. The largest absolute Gasteiger partial charge is 0.487 e. The molecule has 1 aromatic rings. The summed E-state index contributed by atoms with van der Waals surface area (Å²) < 4.78 is 5.79. The second-order valence-electron chi connectivity index (χ2n) is 5.59. The number of fused-ring (bicyclic) bond motifs is 1. The molecule has 106 valence electrons. The maximum Gasteiger partial charge on any atom is 0.225 e. The Bertz CT molecular complexity index is 473. The fraction of sp³-hybridized carbons (Fsp3) is 0.500. The Morgan fingerprint density at radius 3 is 2.84 bits per heavy atom. The second-order valence-corrected chi connectivity index (χ2v) is 5.59. The van der Waals surface area contributed by atoms with Gasteiger partial charge in [-0.3, -0.25) is 4.79 Å². The SMILES string of the molecule is CC(N)CC(=O)Nc1ccc2c(c1)CC(C)(C)O2.Cl. The summed E-state index contributed by atoms with van der Waals surface area (Å²) in [5.74, 6) is 0.855. The Morgan fingerprint density at radius 1 is 1.53 bits per heavy atom. The van der Waals surface area contributed by atoms with E-state index in [1.54, 1.807) is 0 Å². The molecule has 0 aliphatic carbocycles. The summed E-state index contributed by atoms with van der Waals surface area (Å²) in [6.07, 6.45) is 1.19. The van der Waals surface area contributed by atoms with E-state index in [2.05, 4.69) is 19.2 Å². The number of ether oxygens (including phenoxy) is 1. The van der Waals surface area contributed by atoms with E-state index in [1.165, 1.54) is 0 Å². The highest BCUT2D eigenvalue weighted by Crippen LogP contribution is 2.36. The number of halogens is 1. The van der Waals surface area contributed by atoms with Crippen LogP contribution in [-0.4, -0.2) is 17.6 Å². The highest BCUT2D eigenvalue weighted by Gasteiger charge is 2.29. The Kier molecular flexibility index (Phi) is 4.82. The van der Waals surface area contributed by atoms with E-state index in [9.17, 15) is 4.79 Å². The molecule has 1 aliphatic heterocycles. The molecule has 1 aliphatic rings. The monoisotopic (exact) mass is 284 g/mol. The number of nitrogens with one attached hydrogen (secondary N) is 1. The molecule has 0 bridgehead atoms. The van der Waals surface area contributed by atoms with Crippen LogP contribution in [0.5, 0.6) is 5.75 Å². The Balaban J connectivity index is 0.00000180. The zero-order valence-corrected chi connectivity index (χ0v) is 12.3. The van der Waals surface area contributed by atoms with Gasteiger partial charge in [-0.1, -0.05) is 0 Å². The zero-order chi connectivity index (χ0) is 13.3. The average molecular weight is 285 g/mol. The van der Waals surface area contributed by atoms with E-state index in [4.69, 9.17) is 10.5 Å². The molecule has 2 rings (SSSR count). The molecule has 4 nitrogen and oxygen atoms in total. The van der Waals surface area contributed by atoms with Crippen molar-refractivity contribution >= 4 is 24.0 Å². The summed E-state index contributed by atoms with van der Waals surface area (Å²) >= 11 is 0. The van der Waals surface area contributed by atoms with Crippen LogP contribution in [0.1, 0.15) is 32.8 Å². The van der Waals surface area contributed by atoms with E-state index < -0.39 is 0 Å². The maximum absolute atomic E-state index is 11.6. The van der Waals surface area contributed by atoms with Gasteiger partial charge in [-0.05, 0) is 39.0 Å². The van der Waals surface area contributed by atoms with Gasteiger partial charge in [-0.2, -0.15) is 0 Å². The van der Waals surface area contributed by atoms with Gasteiger partial charge in [0, 0.05) is 30.1 Å². The van der Waals surface area contributed by atoms with Gasteiger partial charge < -0.3 is 15.8 Å². The molecule has 1 atom stereocenters. The molecule has 1 amide bonds. The Labute approximate surface area is 120 Å². The molecular weight excluding hydrogens is 264 g/mol. The van der Waals surface area contributed by atoms with Crippen molar-refractivity contribution in [3.63, 3.8) is 0 Å². The maximum atomic E-state index is 11.6. The van der Waals surface area contributed by atoms with Gasteiger partial charge in [-0.25, -0.2) is 0 Å². The van der Waals surface area contributed by atoms with Crippen molar-refractivity contribution in [2.75, 3.05) is 5.32 Å². The standard InChI is InChI=1S/C14H20N2O2.ClH/c1-9(15)6-13(17)16-11-4-5-12-10(7-11)8-14(2,3)18-12;/h4-5,7,9H,6,8,15H2,1-3H3,(H,16,17);1H. The highest BCUT2D eigenvalue weighted by atomic mass is 35.5. The number of carbonyl (C=O) groups is 1. The first-order valence-electron chi connectivity index (χ1n) is 6.23. The van der Waals surface area contributed by atoms with Crippen LogP contribution in [0.15, 0.2) is 18.2 Å². The summed E-state index contributed by atoms with van der Waals surface area (Å²) in [7, 11) is 0. The summed E-state index contributed by atoms with van der Waals surface area (Å²) in [6, 6.07) is 5.62. The van der Waals surface area contributed by atoms with Gasteiger partial charge in [-0.15, -0.1) is 12.4 Å². The fourth-order valence-electron chi connectivity index (χ4n) is 2.19. The lowest BCUT2D eigenvalue weighted by molar-refractivity contribution is -0.116. The van der Waals surface area contributed by atoms with Gasteiger partial charge in [0.25, 0.3) is 0 Å². The van der Waals surface area contributed by atoms with E-state index in [1.807, 2.05) is 25.1 Å². The van der Waals surface area contributed by atoms with Crippen LogP contribution < -0.4 is 15.8 Å². The van der Waals surface area contributed by atoms with Gasteiger partial charge in [0.15, 0.2) is 0 Å². The van der Waals surface area contributed by atoms with Crippen molar-refractivity contribution in [3.8, 4) is 5.75 Å². The van der Waals surface area contributed by atoms with E-state index >= 15 is 0 Å². The van der Waals surface area contributed by atoms with Crippen molar-refractivity contribution in [1.82, 2.24) is 0 Å². The minimum atomic E-state index is -0.156. The van der Waals surface area contributed by atoms with Gasteiger partial charge in [0.05, 0.1) is 0 Å². The Morgan fingerprint density at radius 2 is 2.21 bits per heavy atom. The molecule has 1 aromatic carbocycles. The summed E-state index contributed by atoms with van der Waals surface area (Å²) in [4.78, 5) is 11.6. The predicted molar refractivity (Wildman–Crippen MR) is 79.0 cm³/mol. The first-order chi connectivity index (χ1) is 8.35. The van der Waals surface area contributed by atoms with Crippen LogP contribution in [0.2, 0.25) is 0 Å². The Hall–Kier alpha value is -1.26. The van der Waals surface area contributed by atoms with Crippen LogP contribution in [0, 0.1) is 0 Å². The molecule has 1 heterocycles. The molecule has 0 spiro atoms. The van der Waals surface area contributed by atoms with Crippen LogP contribution >= 0.6 is 12.4 Å². The van der Waals surface area contributed by atoms with Crippen LogP contribution in [0.25, 0.3) is 0 Å². The molecule has 1 unspecified atom stereocenters. The summed E-state index contributed by atoms with van der Waals surface area (Å²) in [5.41, 5.74) is 7.38. The summed E-state index contributed by atoms with van der Waals surface area (Å²) in [6.45, 7) is 5.93. The average Bonchev–Trinajstić information content (AvgIpc) is 2.49. The number of anilines is 1. The summed E-state index contributed by atoms with van der Waals surface area (Å²) in [5, 5.41) is 2.86. The third-order valence-electron chi connectivity index (χ3n) is 2.85. The number of benzene rings is 1. The molecule has 0 saturated carbocycles. The van der Waals surface area contributed by atoms with Crippen molar-refractivity contribution in [1.29, 1.82) is 0 Å².